The second kappa shape index (κ2) is 14.2. The minimum absolute atomic E-state index is 0.0231. The number of rotatable bonds is 7. The summed E-state index contributed by atoms with van der Waals surface area (Å²) in [5.41, 5.74) is -0.0185. The molecule has 0 aromatic heterocycles. The highest BCUT2D eigenvalue weighted by molar-refractivity contribution is 5.76. The monoisotopic (exact) mass is 794 g/mol. The molecule has 318 valence electrons. The molecular weight excluding hydrogens is 728 g/mol. The minimum atomic E-state index is -1.93. The maximum absolute atomic E-state index is 13.0. The summed E-state index contributed by atoms with van der Waals surface area (Å²) in [6, 6.07) is 0. The van der Waals surface area contributed by atoms with Crippen LogP contribution < -0.4 is 0 Å². The van der Waals surface area contributed by atoms with Crippen LogP contribution in [0.4, 0.5) is 0 Å². The Balaban J connectivity index is 1.13. The van der Waals surface area contributed by atoms with Crippen LogP contribution in [0.25, 0.3) is 0 Å². The van der Waals surface area contributed by atoms with E-state index < -0.39 is 96.9 Å². The summed E-state index contributed by atoms with van der Waals surface area (Å²) >= 11 is 0. The van der Waals surface area contributed by atoms with Gasteiger partial charge in [-0.05, 0) is 109 Å². The van der Waals surface area contributed by atoms with Crippen molar-refractivity contribution in [2.24, 2.45) is 50.2 Å². The molecule has 0 aromatic carbocycles. The molecule has 5 aliphatic carbocycles. The van der Waals surface area contributed by atoms with Crippen LogP contribution in [-0.2, 0) is 28.5 Å². The summed E-state index contributed by atoms with van der Waals surface area (Å²) in [6.45, 7) is 15.4. The molecule has 7 rings (SSSR count). The van der Waals surface area contributed by atoms with Crippen molar-refractivity contribution >= 4 is 11.9 Å². The van der Waals surface area contributed by atoms with Crippen LogP contribution in [0.2, 0.25) is 0 Å². The van der Waals surface area contributed by atoms with Crippen molar-refractivity contribution in [1.82, 2.24) is 0 Å². The number of ether oxygens (including phenoxy) is 4. The van der Waals surface area contributed by atoms with E-state index in [0.29, 0.717) is 18.8 Å². The smallest absolute Gasteiger partial charge is 0.335 e. The SMILES string of the molecule is CC1(C)CC[C@]2(C(=O)O)CC[C@]3(C)C(=CC[C@@H]4[C@@]5(C)CCC(O[C@@H]6O[C@H](C(=O)O)[C@@H](O)[C@H](O[C@@H]7O[C@H](CO)[C@@H](O)[C@H](O)[C@H]7O)[C@H]6O)C(C)(C)[C@@H]5CC[C@]43C)[C@@H]2C1. The maximum atomic E-state index is 13.0. The van der Waals surface area contributed by atoms with E-state index in [1.807, 2.05) is 0 Å². The normalized spacial score (nSPS) is 52.3. The number of carboxylic acid groups (broad SMARTS) is 2. The number of carboxylic acids is 2. The summed E-state index contributed by atoms with van der Waals surface area (Å²) in [5.74, 6) is -1.64. The average molecular weight is 795 g/mol. The Morgan fingerprint density at radius 1 is 0.750 bits per heavy atom. The van der Waals surface area contributed by atoms with E-state index in [4.69, 9.17) is 18.9 Å². The Morgan fingerprint density at radius 2 is 1.41 bits per heavy atom. The number of allylic oxidation sites excluding steroid dienone is 2. The van der Waals surface area contributed by atoms with Crippen molar-refractivity contribution < 1.29 is 69.4 Å². The molecule has 2 saturated heterocycles. The summed E-state index contributed by atoms with van der Waals surface area (Å²) in [5, 5.41) is 84.1. The quantitative estimate of drug-likeness (QED) is 0.137. The first-order valence-electron chi connectivity index (χ1n) is 20.8. The Morgan fingerprint density at radius 3 is 2.05 bits per heavy atom. The molecule has 0 radical (unpaired) electrons. The van der Waals surface area contributed by atoms with Crippen LogP contribution >= 0.6 is 0 Å². The molecule has 7 aliphatic rings. The zero-order valence-corrected chi connectivity index (χ0v) is 34.0. The van der Waals surface area contributed by atoms with Crippen molar-refractivity contribution in [3.05, 3.63) is 11.6 Å². The van der Waals surface area contributed by atoms with Crippen molar-refractivity contribution in [3.8, 4) is 0 Å². The summed E-state index contributed by atoms with van der Waals surface area (Å²) in [7, 11) is 0. The Hall–Kier alpha value is -1.72. The van der Waals surface area contributed by atoms with Crippen LogP contribution in [0.3, 0.4) is 0 Å². The summed E-state index contributed by atoms with van der Waals surface area (Å²) in [4.78, 5) is 25.4. The number of aliphatic hydroxyl groups excluding tert-OH is 6. The highest BCUT2D eigenvalue weighted by Gasteiger charge is 2.69. The largest absolute Gasteiger partial charge is 0.481 e. The lowest BCUT2D eigenvalue weighted by Gasteiger charge is -2.71. The molecule has 18 atom stereocenters. The molecule has 2 heterocycles. The van der Waals surface area contributed by atoms with Gasteiger partial charge in [0.1, 0.15) is 42.7 Å². The fourth-order valence-corrected chi connectivity index (χ4v) is 13.7. The molecule has 0 bridgehead atoms. The lowest BCUT2D eigenvalue weighted by atomic mass is 9.33. The molecule has 8 N–H and O–H groups in total. The third-order valence-corrected chi connectivity index (χ3v) is 17.2. The van der Waals surface area contributed by atoms with E-state index in [9.17, 15) is 50.4 Å². The second-order valence-electron chi connectivity index (χ2n) is 20.7. The van der Waals surface area contributed by atoms with E-state index in [1.54, 1.807) is 0 Å². The van der Waals surface area contributed by atoms with E-state index in [1.165, 1.54) is 5.57 Å². The molecular formula is C42H66O14. The first-order chi connectivity index (χ1) is 26.0. The van der Waals surface area contributed by atoms with Gasteiger partial charge in [0.05, 0.1) is 18.1 Å². The zero-order chi connectivity index (χ0) is 41.1. The molecule has 14 nitrogen and oxygen atoms in total. The molecule has 14 heteroatoms. The molecule has 4 saturated carbocycles. The molecule has 6 fully saturated rings. The third-order valence-electron chi connectivity index (χ3n) is 17.2. The zero-order valence-electron chi connectivity index (χ0n) is 34.0. The Kier molecular flexibility index (Phi) is 10.8. The van der Waals surface area contributed by atoms with E-state index in [0.717, 1.165) is 51.4 Å². The van der Waals surface area contributed by atoms with Gasteiger partial charge in [-0.3, -0.25) is 4.79 Å². The Bertz CT molecular complexity index is 1560. The van der Waals surface area contributed by atoms with Gasteiger partial charge in [0.25, 0.3) is 0 Å². The van der Waals surface area contributed by atoms with Gasteiger partial charge in [0, 0.05) is 0 Å². The number of aliphatic carboxylic acids is 2. The topological polar surface area (TPSA) is 233 Å². The van der Waals surface area contributed by atoms with Crippen LogP contribution in [0, 0.1) is 50.2 Å². The predicted octanol–water partition coefficient (Wildman–Crippen LogP) is 2.97. The van der Waals surface area contributed by atoms with Crippen molar-refractivity contribution in [2.45, 2.75) is 180 Å². The highest BCUT2D eigenvalue weighted by atomic mass is 16.7. The third kappa shape index (κ3) is 6.17. The van der Waals surface area contributed by atoms with Gasteiger partial charge in [-0.1, -0.05) is 60.1 Å². The molecule has 56 heavy (non-hydrogen) atoms. The van der Waals surface area contributed by atoms with Gasteiger partial charge < -0.3 is 59.8 Å². The lowest BCUT2D eigenvalue weighted by molar-refractivity contribution is -0.365. The number of hydrogen-bond donors (Lipinski definition) is 8. The minimum Gasteiger partial charge on any atom is -0.481 e. The van der Waals surface area contributed by atoms with Crippen LogP contribution in [0.1, 0.15) is 113 Å². The first kappa shape index (κ1) is 42.4. The predicted molar refractivity (Wildman–Crippen MR) is 198 cm³/mol. The van der Waals surface area contributed by atoms with Crippen LogP contribution in [0.15, 0.2) is 11.6 Å². The lowest BCUT2D eigenvalue weighted by Crippen LogP contribution is -2.67. The maximum Gasteiger partial charge on any atom is 0.335 e. The van der Waals surface area contributed by atoms with Crippen molar-refractivity contribution in [2.75, 3.05) is 6.61 Å². The van der Waals surface area contributed by atoms with E-state index >= 15 is 0 Å². The van der Waals surface area contributed by atoms with Crippen LogP contribution in [-0.4, -0.2) is 127 Å². The number of hydrogen-bond acceptors (Lipinski definition) is 12. The van der Waals surface area contributed by atoms with Gasteiger partial charge in [0.2, 0.25) is 0 Å². The number of fused-ring (bicyclic) bond motifs is 7. The number of aliphatic hydroxyl groups is 6. The fourth-order valence-electron chi connectivity index (χ4n) is 13.7. The molecule has 0 spiro atoms. The standard InChI is InChI=1S/C42H66O14/c1-37(2)14-16-42(36(51)52)17-15-40(6)20(21(42)18-37)8-9-24-39(5)12-11-25(38(3,4)23(39)10-13-41(24,40)7)54-35-30(48)31(29(47)32(56-35)33(49)50)55-34-28(46)27(45)26(44)22(19-43)53-34/h8,21-32,34-35,43-48H,9-19H2,1-7H3,(H,49,50)(H,51,52)/t21-,22+,23-,24+,25?,26+,27-,28+,29-,30+,31-,32-,34-,35+,39-,40+,41+,42-/m0/s1. The second-order valence-corrected chi connectivity index (χ2v) is 20.7. The van der Waals surface area contributed by atoms with E-state index in [-0.39, 0.29) is 33.5 Å². The fraction of sp³-hybridized carbons (Fsp3) is 0.905. The highest BCUT2D eigenvalue weighted by Crippen LogP contribution is 2.76. The van der Waals surface area contributed by atoms with E-state index in [2.05, 4.69) is 54.5 Å². The van der Waals surface area contributed by atoms with Gasteiger partial charge >= 0.3 is 11.9 Å². The van der Waals surface area contributed by atoms with Gasteiger partial charge in [-0.2, -0.15) is 0 Å². The molecule has 0 aromatic rings. The molecule has 1 unspecified atom stereocenters. The molecule has 0 amide bonds. The molecule has 2 aliphatic heterocycles. The summed E-state index contributed by atoms with van der Waals surface area (Å²) < 4.78 is 23.5. The number of carbonyl (C=O) groups is 2. The van der Waals surface area contributed by atoms with Gasteiger partial charge in [-0.25, -0.2) is 4.79 Å². The first-order valence-corrected chi connectivity index (χ1v) is 20.8. The average Bonchev–Trinajstić information content (AvgIpc) is 3.11. The van der Waals surface area contributed by atoms with Crippen molar-refractivity contribution in [1.29, 1.82) is 0 Å². The van der Waals surface area contributed by atoms with Gasteiger partial charge in [-0.15, -0.1) is 0 Å². The van der Waals surface area contributed by atoms with Gasteiger partial charge in [0.15, 0.2) is 18.7 Å². The summed E-state index contributed by atoms with van der Waals surface area (Å²) in [6.07, 6.45) is -7.02. The van der Waals surface area contributed by atoms with Crippen molar-refractivity contribution in [3.63, 3.8) is 0 Å². The van der Waals surface area contributed by atoms with Crippen LogP contribution in [0.5, 0.6) is 0 Å². The Labute approximate surface area is 329 Å².